The minimum Gasteiger partial charge on any atom is -0.320 e. The predicted molar refractivity (Wildman–Crippen MR) is 85.6 cm³/mol. The number of para-hydroxylation sites is 1. The van der Waals surface area contributed by atoms with Gasteiger partial charge in [-0.1, -0.05) is 31.2 Å². The van der Waals surface area contributed by atoms with Gasteiger partial charge in [0.25, 0.3) is 5.91 Å². The summed E-state index contributed by atoms with van der Waals surface area (Å²) < 4.78 is 0. The van der Waals surface area contributed by atoms with Crippen molar-refractivity contribution < 1.29 is 4.79 Å². The lowest BCUT2D eigenvalue weighted by Crippen LogP contribution is -2.13. The van der Waals surface area contributed by atoms with E-state index in [0.29, 0.717) is 11.4 Å². The number of nitrogens with one attached hydrogen (secondary N) is 2. The first-order chi connectivity index (χ1) is 10.8. The summed E-state index contributed by atoms with van der Waals surface area (Å²) in [5, 5.41) is 9.82. The topological polar surface area (TPSA) is 70.7 Å². The van der Waals surface area contributed by atoms with Crippen LogP contribution in [-0.4, -0.2) is 21.1 Å². The largest absolute Gasteiger partial charge is 0.320 e. The highest BCUT2D eigenvalue weighted by atomic mass is 16.1. The maximum Gasteiger partial charge on any atom is 0.273 e. The van der Waals surface area contributed by atoms with Crippen LogP contribution in [0.2, 0.25) is 0 Å². The van der Waals surface area contributed by atoms with Crippen molar-refractivity contribution in [1.29, 1.82) is 0 Å². The summed E-state index contributed by atoms with van der Waals surface area (Å²) in [7, 11) is 0. The van der Waals surface area contributed by atoms with Gasteiger partial charge in [-0.15, -0.1) is 0 Å². The van der Waals surface area contributed by atoms with Crippen LogP contribution >= 0.6 is 0 Å². The van der Waals surface area contributed by atoms with E-state index in [0.717, 1.165) is 23.4 Å². The Balaban J connectivity index is 1.80. The number of carbonyl (C=O) groups is 1. The quantitative estimate of drug-likeness (QED) is 0.775. The van der Waals surface area contributed by atoms with Gasteiger partial charge in [0.05, 0.1) is 5.69 Å². The Morgan fingerprint density at radius 3 is 2.73 bits per heavy atom. The molecule has 1 amide bonds. The van der Waals surface area contributed by atoms with Gasteiger partial charge in [0.15, 0.2) is 0 Å². The van der Waals surface area contributed by atoms with E-state index in [-0.39, 0.29) is 5.91 Å². The molecule has 3 aromatic rings. The number of pyridine rings is 1. The average molecular weight is 292 g/mol. The van der Waals surface area contributed by atoms with Crippen molar-refractivity contribution in [2.24, 2.45) is 0 Å². The molecule has 0 spiro atoms. The summed E-state index contributed by atoms with van der Waals surface area (Å²) in [5.74, 6) is -0.212. The van der Waals surface area contributed by atoms with E-state index in [2.05, 4.69) is 27.4 Å². The van der Waals surface area contributed by atoms with Gasteiger partial charge in [-0.05, 0) is 36.2 Å². The van der Waals surface area contributed by atoms with Gasteiger partial charge in [-0.2, -0.15) is 5.10 Å². The second kappa shape index (κ2) is 6.22. The van der Waals surface area contributed by atoms with E-state index < -0.39 is 0 Å². The van der Waals surface area contributed by atoms with Gasteiger partial charge in [0.2, 0.25) is 0 Å². The molecule has 5 heteroatoms. The van der Waals surface area contributed by atoms with Crippen LogP contribution in [0.5, 0.6) is 0 Å². The highest BCUT2D eigenvalue weighted by Crippen LogP contribution is 2.18. The van der Waals surface area contributed by atoms with E-state index >= 15 is 0 Å². The second-order valence-electron chi connectivity index (χ2n) is 4.85. The second-order valence-corrected chi connectivity index (χ2v) is 4.85. The van der Waals surface area contributed by atoms with E-state index in [4.69, 9.17) is 0 Å². The van der Waals surface area contributed by atoms with Crippen molar-refractivity contribution in [3.8, 4) is 11.4 Å². The molecule has 0 aliphatic rings. The first-order valence-electron chi connectivity index (χ1n) is 7.14. The first kappa shape index (κ1) is 14.0. The summed E-state index contributed by atoms with van der Waals surface area (Å²) in [6, 6.07) is 15.0. The minimum absolute atomic E-state index is 0.212. The third kappa shape index (κ3) is 2.88. The molecule has 5 nitrogen and oxygen atoms in total. The Morgan fingerprint density at radius 1 is 1.14 bits per heavy atom. The summed E-state index contributed by atoms with van der Waals surface area (Å²) in [6.45, 7) is 2.06. The number of aromatic amines is 1. The number of rotatable bonds is 4. The molecule has 0 saturated heterocycles. The van der Waals surface area contributed by atoms with Crippen LogP contribution in [0.25, 0.3) is 11.4 Å². The molecule has 2 N–H and O–H groups in total. The first-order valence-corrected chi connectivity index (χ1v) is 7.14. The van der Waals surface area contributed by atoms with Crippen LogP contribution in [0, 0.1) is 0 Å². The van der Waals surface area contributed by atoms with Crippen LogP contribution in [-0.2, 0) is 6.42 Å². The molecule has 0 aliphatic carbocycles. The van der Waals surface area contributed by atoms with E-state index in [1.54, 1.807) is 12.3 Å². The SMILES string of the molecule is CCc1ccccc1NC(=O)c1cc(-c2ccccn2)n[nH]1. The Hall–Kier alpha value is -2.95. The molecule has 110 valence electrons. The van der Waals surface area contributed by atoms with E-state index in [1.165, 1.54) is 0 Å². The minimum atomic E-state index is -0.212. The van der Waals surface area contributed by atoms with Crippen molar-refractivity contribution in [2.45, 2.75) is 13.3 Å². The number of anilines is 1. The summed E-state index contributed by atoms with van der Waals surface area (Å²) in [4.78, 5) is 16.5. The lowest BCUT2D eigenvalue weighted by molar-refractivity contribution is 0.102. The highest BCUT2D eigenvalue weighted by Gasteiger charge is 2.12. The Morgan fingerprint density at radius 2 is 1.95 bits per heavy atom. The fraction of sp³-hybridized carbons (Fsp3) is 0.118. The van der Waals surface area contributed by atoms with Crippen LogP contribution in [0.15, 0.2) is 54.7 Å². The van der Waals surface area contributed by atoms with Crippen molar-refractivity contribution >= 4 is 11.6 Å². The molecule has 1 aromatic carbocycles. The summed E-state index contributed by atoms with van der Waals surface area (Å²) in [5.41, 5.74) is 3.71. The van der Waals surface area contributed by atoms with Gasteiger partial charge in [-0.25, -0.2) is 0 Å². The molecule has 0 atom stereocenters. The van der Waals surface area contributed by atoms with Gasteiger partial charge < -0.3 is 5.32 Å². The highest BCUT2D eigenvalue weighted by molar-refractivity contribution is 6.03. The summed E-state index contributed by atoms with van der Waals surface area (Å²) >= 11 is 0. The fourth-order valence-electron chi connectivity index (χ4n) is 2.22. The summed E-state index contributed by atoms with van der Waals surface area (Å²) in [6.07, 6.45) is 2.56. The monoisotopic (exact) mass is 292 g/mol. The van der Waals surface area contributed by atoms with E-state index in [1.807, 2.05) is 42.5 Å². The molecular weight excluding hydrogens is 276 g/mol. The number of benzene rings is 1. The molecule has 22 heavy (non-hydrogen) atoms. The number of hydrogen-bond acceptors (Lipinski definition) is 3. The molecule has 3 rings (SSSR count). The van der Waals surface area contributed by atoms with Crippen LogP contribution in [0.4, 0.5) is 5.69 Å². The number of hydrogen-bond donors (Lipinski definition) is 2. The smallest absolute Gasteiger partial charge is 0.273 e. The van der Waals surface area contributed by atoms with E-state index in [9.17, 15) is 4.79 Å². The van der Waals surface area contributed by atoms with Crippen LogP contribution < -0.4 is 5.32 Å². The van der Waals surface area contributed by atoms with Crippen molar-refractivity contribution in [2.75, 3.05) is 5.32 Å². The number of amides is 1. The zero-order chi connectivity index (χ0) is 15.4. The van der Waals surface area contributed by atoms with Gasteiger partial charge in [0.1, 0.15) is 11.4 Å². The lowest BCUT2D eigenvalue weighted by Gasteiger charge is -2.08. The third-order valence-electron chi connectivity index (χ3n) is 3.40. The third-order valence-corrected chi connectivity index (χ3v) is 3.40. The molecule has 0 bridgehead atoms. The van der Waals surface area contributed by atoms with Gasteiger partial charge in [0, 0.05) is 11.9 Å². The molecule has 0 saturated carbocycles. The maximum absolute atomic E-state index is 12.3. The molecule has 2 aromatic heterocycles. The number of nitrogens with zero attached hydrogens (tertiary/aromatic N) is 2. The number of H-pyrrole nitrogens is 1. The van der Waals surface area contributed by atoms with Crippen LogP contribution in [0.3, 0.4) is 0 Å². The Kier molecular flexibility index (Phi) is 3.96. The maximum atomic E-state index is 12.3. The van der Waals surface area contributed by atoms with Crippen molar-refractivity contribution in [1.82, 2.24) is 15.2 Å². The average Bonchev–Trinajstić information content (AvgIpc) is 3.06. The molecule has 2 heterocycles. The van der Waals surface area contributed by atoms with Crippen LogP contribution in [0.1, 0.15) is 23.0 Å². The normalized spacial score (nSPS) is 10.4. The van der Waals surface area contributed by atoms with Crippen molar-refractivity contribution in [3.05, 3.63) is 66.0 Å². The number of carbonyl (C=O) groups excluding carboxylic acids is 1. The number of aromatic nitrogens is 3. The van der Waals surface area contributed by atoms with Crippen molar-refractivity contribution in [3.63, 3.8) is 0 Å². The molecule has 0 radical (unpaired) electrons. The standard InChI is InChI=1S/C17H16N4O/c1-2-12-7-3-4-8-13(12)19-17(22)16-11-15(20-21-16)14-9-5-6-10-18-14/h3-11H,2H2,1H3,(H,19,22)(H,20,21). The molecular formula is C17H16N4O. The Labute approximate surface area is 128 Å². The van der Waals surface area contributed by atoms with Gasteiger partial charge >= 0.3 is 0 Å². The predicted octanol–water partition coefficient (Wildman–Crippen LogP) is 3.29. The molecule has 0 fully saturated rings. The fourth-order valence-corrected chi connectivity index (χ4v) is 2.22. The molecule has 0 unspecified atom stereocenters. The molecule has 0 aliphatic heterocycles. The zero-order valence-corrected chi connectivity index (χ0v) is 12.2. The lowest BCUT2D eigenvalue weighted by atomic mass is 10.1. The zero-order valence-electron chi connectivity index (χ0n) is 12.2. The number of aryl methyl sites for hydroxylation is 1. The Bertz CT molecular complexity index is 780. The van der Waals surface area contributed by atoms with Gasteiger partial charge in [-0.3, -0.25) is 14.9 Å².